The molecule has 7 atom stereocenters. The second-order valence-electron chi connectivity index (χ2n) is 27.8. The molecule has 11 heteroatoms. The molecule has 1 fully saturated rings. The topological polar surface area (TPSA) is 175 Å². The van der Waals surface area contributed by atoms with Crippen molar-refractivity contribution in [3.05, 3.63) is 36.5 Å². The van der Waals surface area contributed by atoms with Crippen molar-refractivity contribution >= 4 is 11.9 Å². The number of esters is 1. The van der Waals surface area contributed by atoms with Crippen LogP contribution >= 0.6 is 0 Å². The van der Waals surface area contributed by atoms with Crippen molar-refractivity contribution in [3.8, 4) is 0 Å². The van der Waals surface area contributed by atoms with E-state index in [-0.39, 0.29) is 18.5 Å². The molecule has 6 N–H and O–H groups in total. The number of ether oxygens (including phenoxy) is 3. The number of carbonyl (C=O) groups excluding carboxylic acids is 2. The van der Waals surface area contributed by atoms with Crippen LogP contribution in [0.2, 0.25) is 0 Å². The number of aliphatic hydroxyl groups excluding tert-OH is 5. The van der Waals surface area contributed by atoms with Gasteiger partial charge in [-0.1, -0.05) is 365 Å². The summed E-state index contributed by atoms with van der Waals surface area (Å²) in [6.07, 6.45) is 80.5. The van der Waals surface area contributed by atoms with Gasteiger partial charge in [0.1, 0.15) is 24.4 Å². The number of amides is 1. The molecule has 0 aliphatic carbocycles. The van der Waals surface area contributed by atoms with E-state index in [2.05, 4.69) is 43.5 Å². The first kappa shape index (κ1) is 86.9. The van der Waals surface area contributed by atoms with Crippen LogP contribution in [0, 0.1) is 0 Å². The lowest BCUT2D eigenvalue weighted by Gasteiger charge is -2.40. The average molecular weight is 1290 g/mol. The Morgan fingerprint density at radius 2 is 0.758 bits per heavy atom. The van der Waals surface area contributed by atoms with E-state index in [0.717, 1.165) is 64.2 Å². The van der Waals surface area contributed by atoms with Crippen molar-refractivity contribution in [3.63, 3.8) is 0 Å². The van der Waals surface area contributed by atoms with Crippen LogP contribution in [0.4, 0.5) is 0 Å². The summed E-state index contributed by atoms with van der Waals surface area (Å²) in [5.74, 6) is -0.171. The highest BCUT2D eigenvalue weighted by Gasteiger charge is 2.44. The summed E-state index contributed by atoms with van der Waals surface area (Å²) in [5.41, 5.74) is 0. The van der Waals surface area contributed by atoms with Crippen molar-refractivity contribution in [2.45, 2.75) is 442 Å². The Morgan fingerprint density at radius 1 is 0.407 bits per heavy atom. The normalized spacial score (nSPS) is 17.7. The predicted octanol–water partition coefficient (Wildman–Crippen LogP) is 21.3. The second kappa shape index (κ2) is 69.2. The highest BCUT2D eigenvalue weighted by molar-refractivity contribution is 5.76. The third kappa shape index (κ3) is 57.8. The molecule has 536 valence electrons. The molecule has 1 saturated heterocycles. The first-order chi connectivity index (χ1) is 44.7. The minimum atomic E-state index is -1.57. The van der Waals surface area contributed by atoms with Crippen molar-refractivity contribution in [1.29, 1.82) is 0 Å². The monoisotopic (exact) mass is 1290 g/mol. The van der Waals surface area contributed by atoms with E-state index in [1.54, 1.807) is 6.08 Å². The van der Waals surface area contributed by atoms with Gasteiger partial charge in [0.05, 0.1) is 32.0 Å². The predicted molar refractivity (Wildman–Crippen MR) is 384 cm³/mol. The maximum absolute atomic E-state index is 13.1. The molecule has 0 aromatic heterocycles. The molecule has 0 aromatic rings. The Morgan fingerprint density at radius 3 is 1.15 bits per heavy atom. The van der Waals surface area contributed by atoms with Crippen LogP contribution in [-0.2, 0) is 23.8 Å². The van der Waals surface area contributed by atoms with E-state index >= 15 is 0 Å². The largest absolute Gasteiger partial charge is 0.466 e. The van der Waals surface area contributed by atoms with Gasteiger partial charge in [0.15, 0.2) is 6.29 Å². The molecule has 1 rings (SSSR count). The first-order valence-corrected chi connectivity index (χ1v) is 39.8. The second-order valence-corrected chi connectivity index (χ2v) is 27.8. The highest BCUT2D eigenvalue weighted by Crippen LogP contribution is 2.24. The van der Waals surface area contributed by atoms with Gasteiger partial charge in [0.2, 0.25) is 5.91 Å². The van der Waals surface area contributed by atoms with Gasteiger partial charge in [-0.15, -0.1) is 0 Å². The molecule has 0 saturated carbocycles. The molecule has 1 aliphatic heterocycles. The van der Waals surface area contributed by atoms with Crippen LogP contribution < -0.4 is 5.32 Å². The van der Waals surface area contributed by atoms with Gasteiger partial charge in [-0.25, -0.2) is 0 Å². The van der Waals surface area contributed by atoms with Gasteiger partial charge in [-0.2, -0.15) is 0 Å². The number of unbranched alkanes of at least 4 members (excludes halogenated alkanes) is 53. The van der Waals surface area contributed by atoms with E-state index in [4.69, 9.17) is 14.2 Å². The number of rotatable bonds is 71. The Balaban J connectivity index is 1.86. The summed E-state index contributed by atoms with van der Waals surface area (Å²) in [5, 5.41) is 54.5. The SMILES string of the molecule is CCC/C=C\C/C=C\CCCCCCCC(=O)OCCCCCCCCCCCCCCCCCCCCCCCCCCCCCCCCCCCCCCCCCC(=O)NC(COC1OC(CO)C(O)C(O)C1O)C(O)/C=C/CCCCCCCCCCC. The molecule has 1 heterocycles. The zero-order valence-electron chi connectivity index (χ0n) is 59.8. The molecule has 0 spiro atoms. The fourth-order valence-electron chi connectivity index (χ4n) is 12.8. The van der Waals surface area contributed by atoms with Crippen LogP contribution in [0.1, 0.15) is 399 Å². The first-order valence-electron chi connectivity index (χ1n) is 39.8. The smallest absolute Gasteiger partial charge is 0.305 e. The zero-order valence-corrected chi connectivity index (χ0v) is 59.8. The van der Waals surface area contributed by atoms with Crippen molar-refractivity contribution in [1.82, 2.24) is 5.32 Å². The minimum Gasteiger partial charge on any atom is -0.466 e. The van der Waals surface area contributed by atoms with Crippen molar-refractivity contribution in [2.75, 3.05) is 19.8 Å². The van der Waals surface area contributed by atoms with Crippen LogP contribution in [0.15, 0.2) is 36.5 Å². The third-order valence-corrected chi connectivity index (χ3v) is 19.0. The molecule has 0 bridgehead atoms. The number of hydrogen-bond donors (Lipinski definition) is 6. The quantitative estimate of drug-likeness (QED) is 0.0195. The van der Waals surface area contributed by atoms with E-state index in [9.17, 15) is 35.1 Å². The fourth-order valence-corrected chi connectivity index (χ4v) is 12.8. The molecule has 1 amide bonds. The lowest BCUT2D eigenvalue weighted by Crippen LogP contribution is -2.60. The van der Waals surface area contributed by atoms with Gasteiger partial charge < -0.3 is 45.1 Å². The molecule has 11 nitrogen and oxygen atoms in total. The van der Waals surface area contributed by atoms with Crippen LogP contribution in [-0.4, -0.2) is 100 Å². The maximum atomic E-state index is 13.1. The lowest BCUT2D eigenvalue weighted by atomic mass is 9.99. The summed E-state index contributed by atoms with van der Waals surface area (Å²) in [7, 11) is 0. The van der Waals surface area contributed by atoms with Gasteiger partial charge in [-0.3, -0.25) is 9.59 Å². The Kier molecular flexibility index (Phi) is 66.1. The molecular formula is C80H151NO10. The fraction of sp³-hybridized carbons (Fsp3) is 0.900. The summed E-state index contributed by atoms with van der Waals surface area (Å²) >= 11 is 0. The van der Waals surface area contributed by atoms with Crippen LogP contribution in [0.25, 0.3) is 0 Å². The summed E-state index contributed by atoms with van der Waals surface area (Å²) in [6, 6.07) is -0.804. The van der Waals surface area contributed by atoms with Crippen LogP contribution in [0.3, 0.4) is 0 Å². The van der Waals surface area contributed by atoms with E-state index in [0.29, 0.717) is 19.4 Å². The lowest BCUT2D eigenvalue weighted by molar-refractivity contribution is -0.302. The maximum Gasteiger partial charge on any atom is 0.305 e. The average Bonchev–Trinajstić information content (AvgIpc) is 1.26. The molecular weight excluding hydrogens is 1130 g/mol. The molecule has 7 unspecified atom stereocenters. The van der Waals surface area contributed by atoms with Crippen molar-refractivity contribution in [2.24, 2.45) is 0 Å². The van der Waals surface area contributed by atoms with Crippen LogP contribution in [0.5, 0.6) is 0 Å². The zero-order chi connectivity index (χ0) is 65.8. The number of aliphatic hydroxyl groups is 5. The minimum absolute atomic E-state index is 0.00330. The number of carbonyl (C=O) groups is 2. The summed E-state index contributed by atoms with van der Waals surface area (Å²) in [6.45, 7) is 4.31. The summed E-state index contributed by atoms with van der Waals surface area (Å²) in [4.78, 5) is 25.1. The highest BCUT2D eigenvalue weighted by atomic mass is 16.7. The molecule has 91 heavy (non-hydrogen) atoms. The van der Waals surface area contributed by atoms with Gasteiger partial charge in [0, 0.05) is 12.8 Å². The molecule has 0 radical (unpaired) electrons. The van der Waals surface area contributed by atoms with Gasteiger partial charge in [0.25, 0.3) is 0 Å². The van der Waals surface area contributed by atoms with Gasteiger partial charge >= 0.3 is 5.97 Å². The Hall–Kier alpha value is -2.12. The number of hydrogen-bond acceptors (Lipinski definition) is 10. The van der Waals surface area contributed by atoms with E-state index < -0.39 is 49.5 Å². The molecule has 1 aliphatic rings. The van der Waals surface area contributed by atoms with E-state index in [1.165, 1.54) is 308 Å². The number of allylic oxidation sites excluding steroid dienone is 5. The van der Waals surface area contributed by atoms with E-state index in [1.807, 2.05) is 6.08 Å². The molecule has 0 aromatic carbocycles. The Labute approximate surface area is 562 Å². The Bertz CT molecular complexity index is 1610. The standard InChI is InChI=1S/C80H151NO10/c1-3-5-7-9-11-13-15-43-48-52-56-60-64-68-76(85)89-69-65-61-57-53-49-45-42-40-38-36-34-32-30-28-26-24-22-20-18-16-17-19-21-23-25-27-29-31-33-35-37-39-41-44-47-51-55-59-63-67-75(84)81-72(71-90-80-79(88)78(87)77(86)74(70-82)91-80)73(83)66-62-58-54-50-46-14-12-10-8-6-4-2/h7,9,13,15,62,66,72-74,77-80,82-83,86-88H,3-6,8,10-12,14,16-61,63-65,67-71H2,1-2H3,(H,81,84)/b9-7-,15-13-,66-62+. The van der Waals surface area contributed by atoms with Gasteiger partial charge in [-0.05, 0) is 57.8 Å². The number of nitrogens with one attached hydrogen (secondary N) is 1. The summed E-state index contributed by atoms with van der Waals surface area (Å²) < 4.78 is 16.7. The van der Waals surface area contributed by atoms with Crippen molar-refractivity contribution < 1.29 is 49.3 Å². The third-order valence-electron chi connectivity index (χ3n) is 19.0.